The molecule has 116 valence electrons. The Labute approximate surface area is 124 Å². The fourth-order valence-corrected chi connectivity index (χ4v) is 3.97. The van der Waals surface area contributed by atoms with E-state index in [1.165, 1.54) is 4.90 Å². The molecule has 8 heteroatoms. The standard InChI is InChI=1S/C13H20N4O3S/c1-9-6-12(17(15-9)10-4-2-3-5-10)16-8-11(7-13(16)18)21(14,19)20/h6,10-11H,2-5,7-8H2,1H3,(H2,14,19,20). The van der Waals surface area contributed by atoms with E-state index in [2.05, 4.69) is 5.10 Å². The number of nitrogens with zero attached hydrogens (tertiary/aromatic N) is 3. The number of carbonyl (C=O) groups excluding carboxylic acids is 1. The lowest BCUT2D eigenvalue weighted by molar-refractivity contribution is -0.117. The summed E-state index contributed by atoms with van der Waals surface area (Å²) in [7, 11) is -3.69. The smallest absolute Gasteiger partial charge is 0.229 e. The molecule has 1 saturated carbocycles. The number of amides is 1. The Morgan fingerprint density at radius 1 is 1.33 bits per heavy atom. The zero-order valence-electron chi connectivity index (χ0n) is 12.0. The van der Waals surface area contributed by atoms with Gasteiger partial charge in [0, 0.05) is 19.0 Å². The van der Waals surface area contributed by atoms with Gasteiger partial charge in [0.05, 0.1) is 11.7 Å². The van der Waals surface area contributed by atoms with Crippen LogP contribution in [0, 0.1) is 6.92 Å². The third kappa shape index (κ3) is 2.69. The van der Waals surface area contributed by atoms with E-state index < -0.39 is 15.3 Å². The molecule has 1 aliphatic carbocycles. The van der Waals surface area contributed by atoms with Crippen molar-refractivity contribution in [2.45, 2.75) is 50.3 Å². The summed E-state index contributed by atoms with van der Waals surface area (Å²) in [6.45, 7) is 2.00. The molecule has 1 aromatic heterocycles. The first-order valence-electron chi connectivity index (χ1n) is 7.24. The Hall–Kier alpha value is -1.41. The van der Waals surface area contributed by atoms with Crippen molar-refractivity contribution in [3.8, 4) is 0 Å². The first-order valence-corrected chi connectivity index (χ1v) is 8.85. The molecule has 1 aromatic rings. The van der Waals surface area contributed by atoms with Crippen LogP contribution >= 0.6 is 0 Å². The predicted molar refractivity (Wildman–Crippen MR) is 78.3 cm³/mol. The summed E-state index contributed by atoms with van der Waals surface area (Å²) >= 11 is 0. The van der Waals surface area contributed by atoms with Crippen LogP contribution < -0.4 is 10.0 Å². The third-order valence-corrected chi connectivity index (χ3v) is 5.58. The van der Waals surface area contributed by atoms with Crippen LogP contribution in [0.4, 0.5) is 5.82 Å². The van der Waals surface area contributed by atoms with Crippen molar-refractivity contribution >= 4 is 21.7 Å². The first kappa shape index (κ1) is 14.5. The molecule has 7 nitrogen and oxygen atoms in total. The van der Waals surface area contributed by atoms with Gasteiger partial charge in [0.15, 0.2) is 0 Å². The Morgan fingerprint density at radius 3 is 2.57 bits per heavy atom. The fourth-order valence-electron chi connectivity index (χ4n) is 3.24. The van der Waals surface area contributed by atoms with Gasteiger partial charge < -0.3 is 0 Å². The second-order valence-electron chi connectivity index (χ2n) is 5.95. The fraction of sp³-hybridized carbons (Fsp3) is 0.692. The van der Waals surface area contributed by atoms with Gasteiger partial charge in [0.1, 0.15) is 11.1 Å². The highest BCUT2D eigenvalue weighted by atomic mass is 32.2. The maximum atomic E-state index is 12.2. The number of hydrogen-bond acceptors (Lipinski definition) is 4. The lowest BCUT2D eigenvalue weighted by Gasteiger charge is -2.21. The number of anilines is 1. The molecule has 0 aromatic carbocycles. The van der Waals surface area contributed by atoms with Gasteiger partial charge in [0.2, 0.25) is 15.9 Å². The van der Waals surface area contributed by atoms with Crippen LogP contribution in [-0.2, 0) is 14.8 Å². The summed E-state index contributed by atoms with van der Waals surface area (Å²) in [4.78, 5) is 13.7. The van der Waals surface area contributed by atoms with Crippen molar-refractivity contribution in [3.63, 3.8) is 0 Å². The number of hydrogen-bond donors (Lipinski definition) is 1. The molecule has 2 aliphatic rings. The molecule has 0 bridgehead atoms. The number of sulfonamides is 1. The van der Waals surface area contributed by atoms with Crippen molar-refractivity contribution < 1.29 is 13.2 Å². The Balaban J connectivity index is 1.92. The lowest BCUT2D eigenvalue weighted by atomic mass is 10.2. The molecule has 0 spiro atoms. The van der Waals surface area contributed by atoms with Crippen LogP contribution in [0.2, 0.25) is 0 Å². The summed E-state index contributed by atoms with van der Waals surface area (Å²) in [5.41, 5.74) is 0.837. The van der Waals surface area contributed by atoms with Crippen LogP contribution in [0.25, 0.3) is 0 Å². The van der Waals surface area contributed by atoms with Crippen molar-refractivity contribution in [3.05, 3.63) is 11.8 Å². The molecule has 3 rings (SSSR count). The molecule has 21 heavy (non-hydrogen) atoms. The van der Waals surface area contributed by atoms with Gasteiger partial charge in [-0.1, -0.05) is 12.8 Å². The van der Waals surface area contributed by atoms with Crippen LogP contribution in [0.1, 0.15) is 43.8 Å². The number of carbonyl (C=O) groups is 1. The van der Waals surface area contributed by atoms with Crippen LogP contribution in [0.5, 0.6) is 0 Å². The number of primary sulfonamides is 1. The van der Waals surface area contributed by atoms with E-state index in [1.54, 1.807) is 0 Å². The number of rotatable bonds is 3. The molecular weight excluding hydrogens is 292 g/mol. The Kier molecular flexibility index (Phi) is 3.53. The molecule has 2 heterocycles. The maximum absolute atomic E-state index is 12.2. The minimum atomic E-state index is -3.69. The largest absolute Gasteiger partial charge is 0.296 e. The van der Waals surface area contributed by atoms with Gasteiger partial charge in [-0.2, -0.15) is 5.10 Å². The second kappa shape index (κ2) is 5.10. The van der Waals surface area contributed by atoms with Gasteiger partial charge >= 0.3 is 0 Å². The monoisotopic (exact) mass is 312 g/mol. The van der Waals surface area contributed by atoms with Crippen molar-refractivity contribution in [1.82, 2.24) is 9.78 Å². The van der Waals surface area contributed by atoms with Crippen LogP contribution in [-0.4, -0.2) is 35.9 Å². The molecule has 1 unspecified atom stereocenters. The molecule has 1 saturated heterocycles. The van der Waals surface area contributed by atoms with E-state index in [-0.39, 0.29) is 18.9 Å². The molecule has 2 N–H and O–H groups in total. The molecule has 1 atom stereocenters. The lowest BCUT2D eigenvalue weighted by Crippen LogP contribution is -2.33. The first-order chi connectivity index (χ1) is 9.86. The Bertz CT molecular complexity index is 661. The highest BCUT2D eigenvalue weighted by Crippen LogP contribution is 2.34. The van der Waals surface area contributed by atoms with E-state index in [9.17, 15) is 13.2 Å². The van der Waals surface area contributed by atoms with Gasteiger partial charge in [-0.05, 0) is 19.8 Å². The van der Waals surface area contributed by atoms with E-state index in [0.717, 1.165) is 31.4 Å². The van der Waals surface area contributed by atoms with E-state index in [0.29, 0.717) is 11.9 Å². The van der Waals surface area contributed by atoms with Gasteiger partial charge in [0.25, 0.3) is 0 Å². The molecular formula is C13H20N4O3S. The normalized spacial score (nSPS) is 24.2. The minimum Gasteiger partial charge on any atom is -0.296 e. The van der Waals surface area contributed by atoms with Crippen LogP contribution in [0.3, 0.4) is 0 Å². The van der Waals surface area contributed by atoms with Crippen molar-refractivity contribution in [2.24, 2.45) is 5.14 Å². The number of aromatic nitrogens is 2. The summed E-state index contributed by atoms with van der Waals surface area (Å²) in [6, 6.07) is 2.15. The highest BCUT2D eigenvalue weighted by molar-refractivity contribution is 7.89. The average molecular weight is 312 g/mol. The molecule has 0 radical (unpaired) electrons. The maximum Gasteiger partial charge on any atom is 0.229 e. The summed E-state index contributed by atoms with van der Waals surface area (Å²) < 4.78 is 24.9. The van der Waals surface area contributed by atoms with Gasteiger partial charge in [-0.25, -0.2) is 18.2 Å². The molecule has 1 amide bonds. The predicted octanol–water partition coefficient (Wildman–Crippen LogP) is 0.700. The summed E-state index contributed by atoms with van der Waals surface area (Å²) in [5.74, 6) is 0.503. The number of nitrogens with two attached hydrogens (primary N) is 1. The Morgan fingerprint density at radius 2 is 2.00 bits per heavy atom. The van der Waals surface area contributed by atoms with E-state index in [4.69, 9.17) is 5.14 Å². The third-order valence-electron chi connectivity index (χ3n) is 4.34. The van der Waals surface area contributed by atoms with Crippen molar-refractivity contribution in [2.75, 3.05) is 11.4 Å². The van der Waals surface area contributed by atoms with Gasteiger partial charge in [-0.3, -0.25) is 9.69 Å². The summed E-state index contributed by atoms with van der Waals surface area (Å²) in [6.07, 6.45) is 4.38. The quantitative estimate of drug-likeness (QED) is 0.888. The van der Waals surface area contributed by atoms with E-state index >= 15 is 0 Å². The highest BCUT2D eigenvalue weighted by Gasteiger charge is 2.39. The number of aryl methyl sites for hydroxylation is 1. The average Bonchev–Trinajstić information content (AvgIpc) is 3.06. The zero-order chi connectivity index (χ0) is 15.2. The van der Waals surface area contributed by atoms with Gasteiger partial charge in [-0.15, -0.1) is 0 Å². The minimum absolute atomic E-state index is 0.0479. The van der Waals surface area contributed by atoms with Crippen LogP contribution in [0.15, 0.2) is 6.07 Å². The molecule has 1 aliphatic heterocycles. The second-order valence-corrected chi connectivity index (χ2v) is 7.79. The SMILES string of the molecule is Cc1cc(N2CC(S(N)(=O)=O)CC2=O)n(C2CCCC2)n1. The summed E-state index contributed by atoms with van der Waals surface area (Å²) in [5, 5.41) is 8.86. The topological polar surface area (TPSA) is 98.3 Å². The van der Waals surface area contributed by atoms with Crippen molar-refractivity contribution in [1.29, 1.82) is 0 Å². The van der Waals surface area contributed by atoms with E-state index in [1.807, 2.05) is 17.7 Å². The zero-order valence-corrected chi connectivity index (χ0v) is 12.8. The molecule has 2 fully saturated rings.